The third-order valence-electron chi connectivity index (χ3n) is 5.98. The lowest BCUT2D eigenvalue weighted by Gasteiger charge is -2.49. The molecule has 0 saturated carbocycles. The van der Waals surface area contributed by atoms with E-state index in [1.165, 1.54) is 0 Å². The molecular weight excluding hydrogens is 650 g/mol. The van der Waals surface area contributed by atoms with Crippen LogP contribution in [0.2, 0.25) is 0 Å². The summed E-state index contributed by atoms with van der Waals surface area (Å²) in [6.45, 7) is 4.86. The summed E-state index contributed by atoms with van der Waals surface area (Å²) in [5, 5.41) is 2.44. The molecule has 2 rings (SSSR count). The van der Waals surface area contributed by atoms with Gasteiger partial charge in [-0.05, 0) is 0 Å². The largest absolute Gasteiger partial charge is 0.463 e. The van der Waals surface area contributed by atoms with E-state index in [1.54, 1.807) is 0 Å². The summed E-state index contributed by atoms with van der Waals surface area (Å²) in [7, 11) is 0. The van der Waals surface area contributed by atoms with Crippen molar-refractivity contribution in [3.8, 4) is 0 Å². The number of primary amides is 2. The van der Waals surface area contributed by atoms with Crippen LogP contribution in [0.15, 0.2) is 0 Å². The number of halogens is 1. The van der Waals surface area contributed by atoms with Crippen molar-refractivity contribution in [3.63, 3.8) is 0 Å². The summed E-state index contributed by atoms with van der Waals surface area (Å²) in [5.74, 6) is -5.03. The number of hydrogen-bond acceptors (Lipinski definition) is 15. The van der Waals surface area contributed by atoms with Gasteiger partial charge in [0.05, 0.1) is 6.10 Å². The van der Waals surface area contributed by atoms with Gasteiger partial charge in [0.2, 0.25) is 5.91 Å². The molecule has 19 heteroatoms. The SMILES string of the molecule is CC(=O)N[C@H]1[C@H](O[C@@H]2[C@@H](OC(N)=O)[C@@H](OC(C)=O)[C@@H](C(N)=O)O[C@@H]2CBr)O[C@H](COC(C)=O)[C@@H](OC(C)=O)[C@@H]1OC(C)=O. The Morgan fingerprint density at radius 3 is 1.72 bits per heavy atom. The maximum atomic E-state index is 12.3. The first-order chi connectivity index (χ1) is 20.0. The standard InChI is InChI=1S/C24H34BrN3O15/c1-8(29)28-15-18(38-11(4)32)17(37-10(3)31)14(7-36-9(2)30)41-23(15)42-16-13(6-25)40-21(22(26)34)20(39-12(5)33)19(16)43-24(27)35/h13-21,23H,6-7H2,1-5H3,(H2,26,34)(H2,27,35)(H,28,29)/t13-,14-,15-,16+,17-,18-,19-,20-,21+,23+/m1/s1. The zero-order valence-corrected chi connectivity index (χ0v) is 25.4. The van der Waals surface area contributed by atoms with Gasteiger partial charge in [0.25, 0.3) is 5.91 Å². The molecule has 18 nitrogen and oxygen atoms in total. The van der Waals surface area contributed by atoms with Crippen LogP contribution in [0, 0.1) is 0 Å². The zero-order chi connectivity index (χ0) is 32.6. The fourth-order valence-electron chi connectivity index (χ4n) is 4.58. The summed E-state index contributed by atoms with van der Waals surface area (Å²) in [4.78, 5) is 84.0. The van der Waals surface area contributed by atoms with E-state index in [9.17, 15) is 33.6 Å². The average Bonchev–Trinajstić information content (AvgIpc) is 2.86. The maximum absolute atomic E-state index is 12.3. The highest BCUT2D eigenvalue weighted by Gasteiger charge is 2.57. The molecule has 43 heavy (non-hydrogen) atoms. The maximum Gasteiger partial charge on any atom is 0.405 e. The van der Waals surface area contributed by atoms with Gasteiger partial charge in [-0.25, -0.2) is 4.79 Å². The number of rotatable bonds is 11. The Balaban J connectivity index is 2.65. The van der Waals surface area contributed by atoms with E-state index in [1.807, 2.05) is 0 Å². The molecule has 3 amide bonds. The second-order valence-corrected chi connectivity index (χ2v) is 10.1. The van der Waals surface area contributed by atoms with E-state index in [0.29, 0.717) is 0 Å². The molecule has 10 atom stereocenters. The van der Waals surface area contributed by atoms with Crippen molar-refractivity contribution in [1.29, 1.82) is 0 Å². The van der Waals surface area contributed by atoms with Crippen molar-refractivity contribution in [2.75, 3.05) is 11.9 Å². The van der Waals surface area contributed by atoms with Gasteiger partial charge in [-0.3, -0.25) is 28.8 Å². The highest BCUT2D eigenvalue weighted by Crippen LogP contribution is 2.34. The van der Waals surface area contributed by atoms with Gasteiger partial charge in [-0.15, -0.1) is 0 Å². The topological polar surface area (TPSA) is 257 Å². The molecule has 0 aromatic rings. The van der Waals surface area contributed by atoms with Gasteiger partial charge in [0.15, 0.2) is 36.8 Å². The molecule has 0 bridgehead atoms. The predicted octanol–water partition coefficient (Wildman–Crippen LogP) is -1.93. The van der Waals surface area contributed by atoms with Crippen LogP contribution in [0.25, 0.3) is 0 Å². The molecule has 2 fully saturated rings. The number of alkyl halides is 1. The molecule has 2 heterocycles. The molecule has 0 aliphatic carbocycles. The van der Waals surface area contributed by atoms with Crippen LogP contribution in [-0.4, -0.2) is 115 Å². The van der Waals surface area contributed by atoms with Crippen molar-refractivity contribution in [1.82, 2.24) is 5.32 Å². The van der Waals surface area contributed by atoms with Gasteiger partial charge < -0.3 is 54.7 Å². The smallest absolute Gasteiger partial charge is 0.405 e. The number of carbonyl (C=O) groups excluding carboxylic acids is 7. The lowest BCUT2D eigenvalue weighted by atomic mass is 9.93. The van der Waals surface area contributed by atoms with Crippen LogP contribution in [0.4, 0.5) is 4.79 Å². The molecule has 2 aliphatic rings. The normalized spacial score (nSPS) is 32.0. The third kappa shape index (κ3) is 10.0. The van der Waals surface area contributed by atoms with Gasteiger partial charge in [0.1, 0.15) is 24.9 Å². The van der Waals surface area contributed by atoms with Gasteiger partial charge >= 0.3 is 30.0 Å². The van der Waals surface area contributed by atoms with Crippen LogP contribution < -0.4 is 16.8 Å². The molecule has 242 valence electrons. The van der Waals surface area contributed by atoms with E-state index in [4.69, 9.17) is 49.4 Å². The first kappa shape index (κ1) is 35.6. The third-order valence-corrected chi connectivity index (χ3v) is 6.62. The number of esters is 4. The predicted molar refractivity (Wildman–Crippen MR) is 141 cm³/mol. The van der Waals surface area contributed by atoms with E-state index in [0.717, 1.165) is 34.6 Å². The van der Waals surface area contributed by atoms with Crippen LogP contribution in [0.5, 0.6) is 0 Å². The molecule has 2 aliphatic heterocycles. The second kappa shape index (κ2) is 15.8. The minimum Gasteiger partial charge on any atom is -0.463 e. The fraction of sp³-hybridized carbons (Fsp3) is 0.708. The number of nitrogens with two attached hydrogens (primary N) is 2. The Bertz CT molecular complexity index is 1090. The Hall–Kier alpha value is -3.55. The van der Waals surface area contributed by atoms with Crippen molar-refractivity contribution in [3.05, 3.63) is 0 Å². The van der Waals surface area contributed by atoms with Crippen molar-refractivity contribution >= 4 is 57.7 Å². The Labute approximate surface area is 253 Å². The second-order valence-electron chi connectivity index (χ2n) is 9.45. The van der Waals surface area contributed by atoms with Crippen LogP contribution >= 0.6 is 15.9 Å². The molecule has 0 spiro atoms. The lowest BCUT2D eigenvalue weighted by molar-refractivity contribution is -0.318. The minimum atomic E-state index is -1.65. The summed E-state index contributed by atoms with van der Waals surface area (Å²) >= 11 is 3.22. The molecule has 2 saturated heterocycles. The lowest BCUT2D eigenvalue weighted by Crippen LogP contribution is -2.70. The van der Waals surface area contributed by atoms with Crippen LogP contribution in [-0.2, 0) is 66.7 Å². The van der Waals surface area contributed by atoms with Crippen molar-refractivity contribution < 1.29 is 71.5 Å². The number of ether oxygens (including phenoxy) is 8. The van der Waals surface area contributed by atoms with Gasteiger partial charge in [0, 0.05) is 39.9 Å². The van der Waals surface area contributed by atoms with Crippen molar-refractivity contribution in [2.45, 2.75) is 95.8 Å². The van der Waals surface area contributed by atoms with Gasteiger partial charge in [-0.1, -0.05) is 15.9 Å². The molecule has 0 unspecified atom stereocenters. The Kier molecular flexibility index (Phi) is 13.1. The summed E-state index contributed by atoms with van der Waals surface area (Å²) in [6.07, 6.45) is -14.8. The number of nitrogens with one attached hydrogen (secondary N) is 1. The zero-order valence-electron chi connectivity index (χ0n) is 23.8. The number of hydrogen-bond donors (Lipinski definition) is 3. The highest BCUT2D eigenvalue weighted by molar-refractivity contribution is 9.09. The molecular formula is C24H34BrN3O15. The molecule has 0 aromatic carbocycles. The molecule has 0 radical (unpaired) electrons. The molecule has 0 aromatic heterocycles. The Morgan fingerprint density at radius 2 is 1.26 bits per heavy atom. The van der Waals surface area contributed by atoms with E-state index < -0.39 is 110 Å². The first-order valence-electron chi connectivity index (χ1n) is 12.8. The van der Waals surface area contributed by atoms with E-state index in [2.05, 4.69) is 21.2 Å². The van der Waals surface area contributed by atoms with E-state index in [-0.39, 0.29) is 5.33 Å². The average molecular weight is 684 g/mol. The number of carbonyl (C=O) groups is 7. The summed E-state index contributed by atoms with van der Waals surface area (Å²) < 4.78 is 44.2. The minimum absolute atomic E-state index is 0.0787. The van der Waals surface area contributed by atoms with Crippen molar-refractivity contribution in [2.24, 2.45) is 11.5 Å². The Morgan fingerprint density at radius 1 is 0.698 bits per heavy atom. The highest BCUT2D eigenvalue weighted by atomic mass is 79.9. The van der Waals surface area contributed by atoms with Crippen LogP contribution in [0.3, 0.4) is 0 Å². The quantitative estimate of drug-likeness (QED) is 0.122. The number of amides is 3. The van der Waals surface area contributed by atoms with E-state index >= 15 is 0 Å². The monoisotopic (exact) mass is 683 g/mol. The van der Waals surface area contributed by atoms with Gasteiger partial charge in [-0.2, -0.15) is 0 Å². The van der Waals surface area contributed by atoms with Crippen LogP contribution in [0.1, 0.15) is 34.6 Å². The fourth-order valence-corrected chi connectivity index (χ4v) is 5.10. The summed E-state index contributed by atoms with van der Waals surface area (Å²) in [5.41, 5.74) is 10.7. The summed E-state index contributed by atoms with van der Waals surface area (Å²) in [6, 6.07) is -1.41. The molecule has 5 N–H and O–H groups in total. The first-order valence-corrected chi connectivity index (χ1v) is 13.9.